The van der Waals surface area contributed by atoms with Gasteiger partial charge in [-0.2, -0.15) is 0 Å². The highest BCUT2D eigenvalue weighted by atomic mass is 16.2. The molecule has 3 rings (SSSR count). The van der Waals surface area contributed by atoms with Crippen LogP contribution >= 0.6 is 0 Å². The summed E-state index contributed by atoms with van der Waals surface area (Å²) in [7, 11) is 0. The van der Waals surface area contributed by atoms with Crippen LogP contribution in [0.15, 0.2) is 30.3 Å². The lowest BCUT2D eigenvalue weighted by Crippen LogP contribution is -2.51. The number of carbonyl (C=O) groups is 2. The van der Waals surface area contributed by atoms with E-state index in [1.54, 1.807) is 0 Å². The van der Waals surface area contributed by atoms with Gasteiger partial charge < -0.3 is 15.5 Å². The van der Waals surface area contributed by atoms with E-state index in [2.05, 4.69) is 0 Å². The third-order valence-corrected chi connectivity index (χ3v) is 5.85. The van der Waals surface area contributed by atoms with Crippen molar-refractivity contribution in [2.45, 2.75) is 51.0 Å². The van der Waals surface area contributed by atoms with Gasteiger partial charge in [-0.15, -0.1) is 0 Å². The average Bonchev–Trinajstić information content (AvgIpc) is 3.20. The highest BCUT2D eigenvalue weighted by Crippen LogP contribution is 2.28. The number of benzene rings is 1. The Morgan fingerprint density at radius 3 is 2.15 bits per heavy atom. The molecule has 2 aliphatic rings. The van der Waals surface area contributed by atoms with Crippen molar-refractivity contribution in [2.24, 2.45) is 11.7 Å². The highest BCUT2D eigenvalue weighted by molar-refractivity contribution is 5.79. The zero-order valence-corrected chi connectivity index (χ0v) is 15.6. The third-order valence-electron chi connectivity index (χ3n) is 5.85. The van der Waals surface area contributed by atoms with Crippen LogP contribution < -0.4 is 5.73 Å². The second kappa shape index (κ2) is 9.17. The first kappa shape index (κ1) is 18.9. The number of hydrogen-bond donors (Lipinski definition) is 1. The van der Waals surface area contributed by atoms with Crippen LogP contribution in [0, 0.1) is 5.92 Å². The van der Waals surface area contributed by atoms with Crippen LogP contribution in [0.2, 0.25) is 0 Å². The maximum absolute atomic E-state index is 12.5. The molecule has 1 atom stereocenters. The number of carbonyl (C=O) groups excluding carboxylic acids is 2. The molecule has 2 amide bonds. The van der Waals surface area contributed by atoms with Gasteiger partial charge in [0.15, 0.2) is 0 Å². The molecular formula is C21H31N3O2. The van der Waals surface area contributed by atoms with Gasteiger partial charge in [0.1, 0.15) is 0 Å². The molecule has 1 saturated carbocycles. The number of piperazine rings is 1. The number of hydrogen-bond acceptors (Lipinski definition) is 3. The Morgan fingerprint density at radius 2 is 1.54 bits per heavy atom. The van der Waals surface area contributed by atoms with Gasteiger partial charge in [-0.25, -0.2) is 0 Å². The Bertz CT molecular complexity index is 591. The lowest BCUT2D eigenvalue weighted by atomic mass is 10.0. The summed E-state index contributed by atoms with van der Waals surface area (Å²) in [6, 6.07) is 9.47. The fraction of sp³-hybridized carbons (Fsp3) is 0.619. The van der Waals surface area contributed by atoms with E-state index >= 15 is 0 Å². The minimum Gasteiger partial charge on any atom is -0.339 e. The van der Waals surface area contributed by atoms with Gasteiger partial charge in [0, 0.05) is 45.1 Å². The normalized spacial score (nSPS) is 19.6. The van der Waals surface area contributed by atoms with Gasteiger partial charge in [-0.3, -0.25) is 9.59 Å². The van der Waals surface area contributed by atoms with E-state index in [-0.39, 0.29) is 17.9 Å². The number of amides is 2. The second-order valence-corrected chi connectivity index (χ2v) is 7.67. The highest BCUT2D eigenvalue weighted by Gasteiger charge is 2.26. The SMILES string of the molecule is NC(CC(=O)N1CCN(C(=O)CCC2CCCC2)CC1)c1ccccc1. The smallest absolute Gasteiger partial charge is 0.224 e. The van der Waals surface area contributed by atoms with Crippen LogP contribution in [0.25, 0.3) is 0 Å². The summed E-state index contributed by atoms with van der Waals surface area (Å²) >= 11 is 0. The van der Waals surface area contributed by atoms with E-state index in [9.17, 15) is 9.59 Å². The van der Waals surface area contributed by atoms with Gasteiger partial charge in [0.05, 0.1) is 0 Å². The molecule has 2 fully saturated rings. The quantitative estimate of drug-likeness (QED) is 0.851. The lowest BCUT2D eigenvalue weighted by Gasteiger charge is -2.35. The molecule has 5 nitrogen and oxygen atoms in total. The molecule has 0 spiro atoms. The minimum atomic E-state index is -0.269. The minimum absolute atomic E-state index is 0.0828. The second-order valence-electron chi connectivity index (χ2n) is 7.67. The first-order valence-corrected chi connectivity index (χ1v) is 9.99. The molecule has 26 heavy (non-hydrogen) atoms. The summed E-state index contributed by atoms with van der Waals surface area (Å²) in [5.74, 6) is 1.09. The van der Waals surface area contributed by atoms with Crippen molar-refractivity contribution >= 4 is 11.8 Å². The van der Waals surface area contributed by atoms with E-state index < -0.39 is 0 Å². The van der Waals surface area contributed by atoms with E-state index in [1.165, 1.54) is 25.7 Å². The van der Waals surface area contributed by atoms with Gasteiger partial charge in [0.25, 0.3) is 0 Å². The number of rotatable bonds is 6. The molecule has 142 valence electrons. The summed E-state index contributed by atoms with van der Waals surface area (Å²) in [6.07, 6.45) is 7.24. The molecular weight excluding hydrogens is 326 g/mol. The molecule has 1 aromatic rings. The number of nitrogens with zero attached hydrogens (tertiary/aromatic N) is 2. The van der Waals surface area contributed by atoms with Gasteiger partial charge in [-0.05, 0) is 17.9 Å². The van der Waals surface area contributed by atoms with Crippen molar-refractivity contribution in [2.75, 3.05) is 26.2 Å². The van der Waals surface area contributed by atoms with Crippen LogP contribution in [0.1, 0.15) is 56.6 Å². The van der Waals surface area contributed by atoms with Gasteiger partial charge in [-0.1, -0.05) is 56.0 Å². The molecule has 1 heterocycles. The van der Waals surface area contributed by atoms with Crippen molar-refractivity contribution in [1.29, 1.82) is 0 Å². The van der Waals surface area contributed by atoms with Crippen molar-refractivity contribution in [3.8, 4) is 0 Å². The van der Waals surface area contributed by atoms with Crippen molar-refractivity contribution in [3.05, 3.63) is 35.9 Å². The maximum atomic E-state index is 12.5. The fourth-order valence-electron chi connectivity index (χ4n) is 4.13. The zero-order chi connectivity index (χ0) is 18.4. The summed E-state index contributed by atoms with van der Waals surface area (Å²) in [5.41, 5.74) is 7.15. The van der Waals surface area contributed by atoms with E-state index in [0.717, 1.165) is 17.9 Å². The van der Waals surface area contributed by atoms with Crippen molar-refractivity contribution < 1.29 is 9.59 Å². The molecule has 0 radical (unpaired) electrons. The van der Waals surface area contributed by atoms with E-state index in [0.29, 0.717) is 39.0 Å². The van der Waals surface area contributed by atoms with Crippen LogP contribution in [0.5, 0.6) is 0 Å². The van der Waals surface area contributed by atoms with Gasteiger partial charge in [0.2, 0.25) is 11.8 Å². The van der Waals surface area contributed by atoms with Gasteiger partial charge >= 0.3 is 0 Å². The molecule has 1 unspecified atom stereocenters. The van der Waals surface area contributed by atoms with Crippen LogP contribution in [-0.4, -0.2) is 47.8 Å². The molecule has 1 aromatic carbocycles. The molecule has 1 aliphatic heterocycles. The summed E-state index contributed by atoms with van der Waals surface area (Å²) < 4.78 is 0. The van der Waals surface area contributed by atoms with E-state index in [1.807, 2.05) is 40.1 Å². The van der Waals surface area contributed by atoms with Crippen LogP contribution in [0.3, 0.4) is 0 Å². The molecule has 1 saturated heterocycles. The first-order valence-electron chi connectivity index (χ1n) is 9.99. The van der Waals surface area contributed by atoms with Crippen LogP contribution in [0.4, 0.5) is 0 Å². The maximum Gasteiger partial charge on any atom is 0.224 e. The summed E-state index contributed by atoms with van der Waals surface area (Å²) in [4.78, 5) is 28.7. The van der Waals surface area contributed by atoms with Crippen molar-refractivity contribution in [1.82, 2.24) is 9.80 Å². The Hall–Kier alpha value is -1.88. The molecule has 5 heteroatoms. The number of nitrogens with two attached hydrogens (primary N) is 1. The Labute approximate surface area is 156 Å². The third kappa shape index (κ3) is 5.07. The van der Waals surface area contributed by atoms with Crippen molar-refractivity contribution in [3.63, 3.8) is 0 Å². The average molecular weight is 357 g/mol. The predicted octanol–water partition coefficient (Wildman–Crippen LogP) is 2.72. The fourth-order valence-corrected chi connectivity index (χ4v) is 4.13. The lowest BCUT2D eigenvalue weighted by molar-refractivity contribution is -0.140. The topological polar surface area (TPSA) is 66.6 Å². The summed E-state index contributed by atoms with van der Waals surface area (Å²) in [6.45, 7) is 2.54. The molecule has 1 aliphatic carbocycles. The van der Waals surface area contributed by atoms with E-state index in [4.69, 9.17) is 5.73 Å². The monoisotopic (exact) mass is 357 g/mol. The Morgan fingerprint density at radius 1 is 0.962 bits per heavy atom. The Balaban J connectivity index is 1.39. The summed E-state index contributed by atoms with van der Waals surface area (Å²) in [5, 5.41) is 0. The standard InChI is InChI=1S/C21H31N3O2/c22-19(18-8-2-1-3-9-18)16-21(26)24-14-12-23(13-15-24)20(25)11-10-17-6-4-5-7-17/h1-3,8-9,17,19H,4-7,10-16,22H2. The predicted molar refractivity (Wildman–Crippen MR) is 102 cm³/mol. The molecule has 0 aromatic heterocycles. The molecule has 0 bridgehead atoms. The molecule has 2 N–H and O–H groups in total. The zero-order valence-electron chi connectivity index (χ0n) is 15.6. The Kier molecular flexibility index (Phi) is 6.67. The largest absolute Gasteiger partial charge is 0.339 e. The first-order chi connectivity index (χ1) is 12.6. The van der Waals surface area contributed by atoms with Crippen LogP contribution in [-0.2, 0) is 9.59 Å².